The lowest BCUT2D eigenvalue weighted by Crippen LogP contribution is -2.45. The molecular weight excluding hydrogens is 348 g/mol. The molecule has 0 unspecified atom stereocenters. The lowest BCUT2D eigenvalue weighted by Gasteiger charge is -2.18. The van der Waals surface area contributed by atoms with Crippen LogP contribution in [0.4, 0.5) is 10.5 Å². The van der Waals surface area contributed by atoms with E-state index in [9.17, 15) is 9.59 Å². The molecule has 2 heterocycles. The van der Waals surface area contributed by atoms with Crippen LogP contribution in [-0.4, -0.2) is 49.6 Å². The third-order valence-electron chi connectivity index (χ3n) is 5.37. The van der Waals surface area contributed by atoms with Crippen molar-refractivity contribution in [3.63, 3.8) is 0 Å². The fourth-order valence-corrected chi connectivity index (χ4v) is 3.57. The number of carbonyl (C=O) groups excluding carboxylic acids is 2. The zero-order valence-electron chi connectivity index (χ0n) is 15.6. The van der Waals surface area contributed by atoms with Gasteiger partial charge in [-0.15, -0.1) is 0 Å². The van der Waals surface area contributed by atoms with Gasteiger partial charge >= 0.3 is 6.09 Å². The first-order valence-corrected chi connectivity index (χ1v) is 9.62. The Morgan fingerprint density at radius 2 is 1.78 bits per heavy atom. The van der Waals surface area contributed by atoms with Crippen LogP contribution in [-0.2, 0) is 19.0 Å². The van der Waals surface area contributed by atoms with Gasteiger partial charge in [-0.25, -0.2) is 4.79 Å². The predicted octanol–water partition coefficient (Wildman–Crippen LogP) is 2.42. The van der Waals surface area contributed by atoms with E-state index in [4.69, 9.17) is 14.2 Å². The molecule has 0 aromatic heterocycles. The minimum Gasteiger partial charge on any atom is -0.441 e. The zero-order chi connectivity index (χ0) is 19.0. The normalized spacial score (nSPS) is 29.4. The zero-order valence-corrected chi connectivity index (χ0v) is 15.6. The lowest BCUT2D eigenvalue weighted by atomic mass is 10.0. The highest BCUT2D eigenvalue weighted by atomic mass is 16.6. The first kappa shape index (κ1) is 18.3. The molecule has 7 heteroatoms. The molecule has 146 valence electrons. The summed E-state index contributed by atoms with van der Waals surface area (Å²) in [5, 5.41) is 5.73. The van der Waals surface area contributed by atoms with Crippen LogP contribution in [0.5, 0.6) is 0 Å². The first-order valence-electron chi connectivity index (χ1n) is 9.62. The Hall–Kier alpha value is -2.12. The van der Waals surface area contributed by atoms with Crippen molar-refractivity contribution in [1.82, 2.24) is 5.32 Å². The van der Waals surface area contributed by atoms with E-state index >= 15 is 0 Å². The van der Waals surface area contributed by atoms with Crippen LogP contribution in [0.25, 0.3) is 0 Å². The molecule has 2 saturated heterocycles. The highest BCUT2D eigenvalue weighted by Gasteiger charge is 2.50. The topological polar surface area (TPSA) is 85.9 Å². The lowest BCUT2D eigenvalue weighted by molar-refractivity contribution is -0.123. The van der Waals surface area contributed by atoms with E-state index in [1.165, 1.54) is 5.56 Å². The Bertz CT molecular complexity index is 701. The minimum atomic E-state index is -0.532. The number of hydrogen-bond donors (Lipinski definition) is 2. The average molecular weight is 374 g/mol. The molecule has 27 heavy (non-hydrogen) atoms. The van der Waals surface area contributed by atoms with Gasteiger partial charge in [0.15, 0.2) is 6.10 Å². The highest BCUT2D eigenvalue weighted by Crippen LogP contribution is 2.32. The molecule has 2 amide bonds. The molecule has 2 N–H and O–H groups in total. The monoisotopic (exact) mass is 374 g/mol. The van der Waals surface area contributed by atoms with Gasteiger partial charge in [0.05, 0.1) is 19.3 Å². The number of benzene rings is 1. The Labute approximate surface area is 158 Å². The molecule has 0 radical (unpaired) electrons. The van der Waals surface area contributed by atoms with Crippen molar-refractivity contribution in [2.24, 2.45) is 5.92 Å². The second kappa shape index (κ2) is 7.48. The summed E-state index contributed by atoms with van der Waals surface area (Å²) in [6.45, 7) is 4.89. The van der Waals surface area contributed by atoms with E-state index in [-0.39, 0.29) is 36.7 Å². The summed E-state index contributed by atoms with van der Waals surface area (Å²) in [6, 6.07) is 7.52. The van der Waals surface area contributed by atoms with E-state index in [1.54, 1.807) is 0 Å². The van der Waals surface area contributed by atoms with Crippen molar-refractivity contribution in [3.05, 3.63) is 29.8 Å². The Balaban J connectivity index is 1.28. The number of anilines is 1. The number of rotatable bonds is 5. The molecule has 0 spiro atoms. The van der Waals surface area contributed by atoms with Gasteiger partial charge in [-0.1, -0.05) is 26.0 Å². The molecule has 0 bridgehead atoms. The summed E-state index contributed by atoms with van der Waals surface area (Å²) < 4.78 is 17.0. The van der Waals surface area contributed by atoms with Gasteiger partial charge in [0.25, 0.3) is 0 Å². The first-order chi connectivity index (χ1) is 13.0. The SMILES string of the molecule is CC(C)c1ccc(NC(=O)O[C@@H]2CO[C@H]3[C@@H]2OC[C@@H]3NC(=O)C2CC2)cc1. The Kier molecular flexibility index (Phi) is 5.06. The maximum Gasteiger partial charge on any atom is 0.412 e. The number of carbonyl (C=O) groups is 2. The molecule has 7 nitrogen and oxygen atoms in total. The van der Waals surface area contributed by atoms with Gasteiger partial charge < -0.3 is 19.5 Å². The third kappa shape index (κ3) is 4.09. The van der Waals surface area contributed by atoms with Gasteiger partial charge in [0.1, 0.15) is 12.2 Å². The molecule has 4 rings (SSSR count). The summed E-state index contributed by atoms with van der Waals surface area (Å²) in [6.07, 6.45) is 0.291. The second-order valence-electron chi connectivity index (χ2n) is 7.83. The molecule has 2 aliphatic heterocycles. The van der Waals surface area contributed by atoms with E-state index in [2.05, 4.69) is 24.5 Å². The number of nitrogens with one attached hydrogen (secondary N) is 2. The largest absolute Gasteiger partial charge is 0.441 e. The van der Waals surface area contributed by atoms with Crippen LogP contribution >= 0.6 is 0 Å². The van der Waals surface area contributed by atoms with Crippen molar-refractivity contribution < 1.29 is 23.8 Å². The average Bonchev–Trinajstić information content (AvgIpc) is 3.32. The van der Waals surface area contributed by atoms with Gasteiger partial charge in [0.2, 0.25) is 5.91 Å². The maximum atomic E-state index is 12.2. The summed E-state index contributed by atoms with van der Waals surface area (Å²) in [4.78, 5) is 24.2. The number of fused-ring (bicyclic) bond motifs is 1. The second-order valence-corrected chi connectivity index (χ2v) is 7.83. The quantitative estimate of drug-likeness (QED) is 0.827. The van der Waals surface area contributed by atoms with Crippen LogP contribution in [0.3, 0.4) is 0 Å². The Morgan fingerprint density at radius 1 is 1.07 bits per heavy atom. The summed E-state index contributed by atoms with van der Waals surface area (Å²) in [5.41, 5.74) is 1.89. The fourth-order valence-electron chi connectivity index (χ4n) is 3.57. The molecule has 1 aliphatic carbocycles. The smallest absolute Gasteiger partial charge is 0.412 e. The number of ether oxygens (including phenoxy) is 3. The van der Waals surface area contributed by atoms with Crippen molar-refractivity contribution in [1.29, 1.82) is 0 Å². The molecular formula is C20H26N2O5. The molecule has 1 aromatic rings. The molecule has 3 fully saturated rings. The molecule has 1 saturated carbocycles. The third-order valence-corrected chi connectivity index (χ3v) is 5.37. The Morgan fingerprint density at radius 3 is 2.44 bits per heavy atom. The van der Waals surface area contributed by atoms with Gasteiger partial charge in [-0.2, -0.15) is 0 Å². The van der Waals surface area contributed by atoms with E-state index < -0.39 is 12.2 Å². The fraction of sp³-hybridized carbons (Fsp3) is 0.600. The van der Waals surface area contributed by atoms with E-state index in [1.807, 2.05) is 24.3 Å². The van der Waals surface area contributed by atoms with Crippen LogP contribution in [0.2, 0.25) is 0 Å². The van der Waals surface area contributed by atoms with Crippen LogP contribution in [0, 0.1) is 5.92 Å². The highest BCUT2D eigenvalue weighted by molar-refractivity contribution is 5.84. The summed E-state index contributed by atoms with van der Waals surface area (Å²) in [7, 11) is 0. The molecule has 4 atom stereocenters. The van der Waals surface area contributed by atoms with Crippen molar-refractivity contribution in [3.8, 4) is 0 Å². The number of amides is 2. The minimum absolute atomic E-state index is 0.0693. The van der Waals surface area contributed by atoms with Gasteiger partial charge in [-0.3, -0.25) is 10.1 Å². The molecule has 1 aromatic carbocycles. The van der Waals surface area contributed by atoms with E-state index in [0.29, 0.717) is 18.2 Å². The van der Waals surface area contributed by atoms with Crippen molar-refractivity contribution in [2.45, 2.75) is 57.0 Å². The van der Waals surface area contributed by atoms with Crippen molar-refractivity contribution in [2.75, 3.05) is 18.5 Å². The number of hydrogen-bond acceptors (Lipinski definition) is 5. The van der Waals surface area contributed by atoms with Gasteiger partial charge in [0, 0.05) is 11.6 Å². The van der Waals surface area contributed by atoms with Crippen molar-refractivity contribution >= 4 is 17.7 Å². The summed E-state index contributed by atoms with van der Waals surface area (Å²) >= 11 is 0. The van der Waals surface area contributed by atoms with Crippen LogP contribution in [0.1, 0.15) is 38.2 Å². The standard InChI is InChI=1S/C20H26N2O5/c1-11(2)12-5-7-14(8-6-12)21-20(24)27-16-10-26-17-15(9-25-18(16)17)22-19(23)13-3-4-13/h5-8,11,13,15-18H,3-4,9-10H2,1-2H3,(H,21,24)(H,22,23)/t15-,16+,17+,18+/m0/s1. The van der Waals surface area contributed by atoms with Gasteiger partial charge in [-0.05, 0) is 36.5 Å². The van der Waals surface area contributed by atoms with E-state index in [0.717, 1.165) is 12.8 Å². The maximum absolute atomic E-state index is 12.2. The molecule has 3 aliphatic rings. The summed E-state index contributed by atoms with van der Waals surface area (Å²) in [5.74, 6) is 0.650. The van der Waals surface area contributed by atoms with Crippen LogP contribution in [0.15, 0.2) is 24.3 Å². The van der Waals surface area contributed by atoms with Crippen LogP contribution < -0.4 is 10.6 Å². The predicted molar refractivity (Wildman–Crippen MR) is 98.6 cm³/mol.